The number of hydrogen-bond donors (Lipinski definition) is 1. The number of hydrogen-bond acceptors (Lipinski definition) is 5. The second kappa shape index (κ2) is 7.85. The third kappa shape index (κ3) is 4.05. The number of amides is 2. The van der Waals surface area contributed by atoms with Gasteiger partial charge in [-0.15, -0.1) is 0 Å². The van der Waals surface area contributed by atoms with Gasteiger partial charge in [0.25, 0.3) is 0 Å². The van der Waals surface area contributed by atoms with Crippen LogP contribution in [0.1, 0.15) is 32.6 Å². The first-order valence-corrected chi connectivity index (χ1v) is 12.4. The van der Waals surface area contributed by atoms with E-state index in [2.05, 4.69) is 5.32 Å². The van der Waals surface area contributed by atoms with Crippen molar-refractivity contribution < 1.29 is 18.0 Å². The van der Waals surface area contributed by atoms with Crippen LogP contribution < -0.4 is 10.2 Å². The third-order valence-corrected chi connectivity index (χ3v) is 8.04. The van der Waals surface area contributed by atoms with Crippen LogP contribution in [0.3, 0.4) is 0 Å². The van der Waals surface area contributed by atoms with Crippen molar-refractivity contribution in [3.8, 4) is 0 Å². The number of sulfonamides is 1. The molecule has 3 heterocycles. The molecule has 1 aromatic rings. The number of likely N-dealkylation sites (tertiary alicyclic amines) is 1. The Hall–Kier alpha value is -2.13. The minimum Gasteiger partial charge on any atom is -0.376 e. The molecule has 0 unspecified atom stereocenters. The summed E-state index contributed by atoms with van der Waals surface area (Å²) in [4.78, 5) is 29.0. The molecule has 0 atom stereocenters. The molecular weight excluding hydrogens is 404 g/mol. The normalized spacial score (nSPS) is 22.5. The van der Waals surface area contributed by atoms with Crippen molar-refractivity contribution in [1.82, 2.24) is 9.21 Å². The molecule has 1 N–H and O–H groups in total. The van der Waals surface area contributed by atoms with E-state index in [1.54, 1.807) is 6.92 Å². The zero-order valence-electron chi connectivity index (χ0n) is 17.6. The van der Waals surface area contributed by atoms with Crippen LogP contribution in [0.25, 0.3) is 0 Å². The summed E-state index contributed by atoms with van der Waals surface area (Å²) in [6.45, 7) is 4.32. The zero-order chi connectivity index (χ0) is 21.5. The lowest BCUT2D eigenvalue weighted by Crippen LogP contribution is -2.60. The maximum Gasteiger partial charge on any atom is 0.225 e. The van der Waals surface area contributed by atoms with E-state index in [1.165, 1.54) is 10.6 Å². The van der Waals surface area contributed by atoms with Crippen LogP contribution in [0.2, 0.25) is 0 Å². The summed E-state index contributed by atoms with van der Waals surface area (Å²) in [6.07, 6.45) is 3.94. The van der Waals surface area contributed by atoms with Gasteiger partial charge in [0.2, 0.25) is 21.8 Å². The molecule has 3 aliphatic heterocycles. The molecule has 2 fully saturated rings. The van der Waals surface area contributed by atoms with Gasteiger partial charge < -0.3 is 15.1 Å². The van der Waals surface area contributed by atoms with Crippen LogP contribution >= 0.6 is 0 Å². The van der Waals surface area contributed by atoms with E-state index in [9.17, 15) is 18.0 Å². The lowest BCUT2D eigenvalue weighted by atomic mass is 9.83. The number of para-hydroxylation sites is 2. The molecule has 0 bridgehead atoms. The van der Waals surface area contributed by atoms with E-state index in [0.717, 1.165) is 24.2 Å². The number of benzene rings is 1. The Kier molecular flexibility index (Phi) is 5.52. The summed E-state index contributed by atoms with van der Waals surface area (Å²) >= 11 is 0. The topological polar surface area (TPSA) is 90.0 Å². The highest BCUT2D eigenvalue weighted by atomic mass is 32.2. The van der Waals surface area contributed by atoms with Gasteiger partial charge in [0.05, 0.1) is 23.2 Å². The smallest absolute Gasteiger partial charge is 0.225 e. The minimum absolute atomic E-state index is 0.0273. The summed E-state index contributed by atoms with van der Waals surface area (Å²) < 4.78 is 24.8. The van der Waals surface area contributed by atoms with E-state index < -0.39 is 10.0 Å². The van der Waals surface area contributed by atoms with Gasteiger partial charge in [-0.2, -0.15) is 0 Å². The van der Waals surface area contributed by atoms with Crippen LogP contribution in [-0.4, -0.2) is 74.0 Å². The summed E-state index contributed by atoms with van der Waals surface area (Å²) in [5, 5.41) is 3.65. The van der Waals surface area contributed by atoms with Crippen molar-refractivity contribution in [3.63, 3.8) is 0 Å². The summed E-state index contributed by atoms with van der Waals surface area (Å²) in [5.41, 5.74) is 1.65. The number of nitrogens with zero attached hydrogens (tertiary/aromatic N) is 3. The van der Waals surface area contributed by atoms with Crippen molar-refractivity contribution in [2.75, 3.05) is 49.2 Å². The lowest BCUT2D eigenvalue weighted by Gasteiger charge is -2.49. The van der Waals surface area contributed by atoms with Gasteiger partial charge in [-0.25, -0.2) is 12.7 Å². The van der Waals surface area contributed by atoms with Crippen LogP contribution in [0.5, 0.6) is 0 Å². The standard InChI is InChI=1S/C21H30N4O4S/c1-16(26)25-15-21(22-18-5-3-4-6-19(18)25)9-13-23(14-10-21)20(27)17-7-11-24(12-8-17)30(2,28)29/h3-6,17,22H,7-15H2,1-2H3. The summed E-state index contributed by atoms with van der Waals surface area (Å²) in [7, 11) is -3.19. The molecule has 0 radical (unpaired) electrons. The van der Waals surface area contributed by atoms with E-state index in [4.69, 9.17) is 0 Å². The monoisotopic (exact) mass is 434 g/mol. The predicted octanol–water partition coefficient (Wildman–Crippen LogP) is 1.50. The molecule has 1 spiro atoms. The molecule has 2 saturated heterocycles. The molecule has 9 heteroatoms. The van der Waals surface area contributed by atoms with E-state index in [0.29, 0.717) is 45.6 Å². The first-order chi connectivity index (χ1) is 14.2. The second-order valence-corrected chi connectivity index (χ2v) is 10.8. The molecule has 30 heavy (non-hydrogen) atoms. The highest BCUT2D eigenvalue weighted by molar-refractivity contribution is 7.88. The molecule has 164 valence electrons. The number of nitrogens with one attached hydrogen (secondary N) is 1. The second-order valence-electron chi connectivity index (χ2n) is 8.79. The van der Waals surface area contributed by atoms with Gasteiger partial charge in [-0.1, -0.05) is 12.1 Å². The van der Waals surface area contributed by atoms with Crippen molar-refractivity contribution in [2.45, 2.75) is 38.1 Å². The molecule has 8 nitrogen and oxygen atoms in total. The fourth-order valence-corrected chi connectivity index (χ4v) is 5.81. The summed E-state index contributed by atoms with van der Waals surface area (Å²) in [5.74, 6) is 0.0583. The van der Waals surface area contributed by atoms with Crippen molar-refractivity contribution in [3.05, 3.63) is 24.3 Å². The highest BCUT2D eigenvalue weighted by Gasteiger charge is 2.43. The first-order valence-electron chi connectivity index (χ1n) is 10.6. The van der Waals surface area contributed by atoms with Crippen molar-refractivity contribution in [1.29, 1.82) is 0 Å². The average Bonchev–Trinajstić information content (AvgIpc) is 2.72. The Morgan fingerprint density at radius 2 is 1.70 bits per heavy atom. The maximum atomic E-state index is 13.0. The van der Waals surface area contributed by atoms with Gasteiger partial charge in [-0.3, -0.25) is 9.59 Å². The number of anilines is 2. The Balaban J connectivity index is 1.39. The number of carbonyl (C=O) groups excluding carboxylic acids is 2. The van der Waals surface area contributed by atoms with Gasteiger partial charge in [0.1, 0.15) is 0 Å². The molecule has 2 amide bonds. The molecule has 4 rings (SSSR count). The third-order valence-electron chi connectivity index (χ3n) is 6.74. The van der Waals surface area contributed by atoms with Gasteiger partial charge in [0, 0.05) is 45.6 Å². The fraction of sp³-hybridized carbons (Fsp3) is 0.619. The molecule has 0 aliphatic carbocycles. The zero-order valence-corrected chi connectivity index (χ0v) is 18.5. The Labute approximate surface area is 178 Å². The molecule has 0 aromatic heterocycles. The van der Waals surface area contributed by atoms with Gasteiger partial charge >= 0.3 is 0 Å². The first kappa shape index (κ1) is 21.1. The Bertz CT molecular complexity index is 932. The highest BCUT2D eigenvalue weighted by Crippen LogP contribution is 2.39. The van der Waals surface area contributed by atoms with Crippen molar-refractivity contribution in [2.24, 2.45) is 5.92 Å². The maximum absolute atomic E-state index is 13.0. The van der Waals surface area contributed by atoms with E-state index >= 15 is 0 Å². The van der Waals surface area contributed by atoms with Crippen LogP contribution in [0, 0.1) is 5.92 Å². The molecule has 3 aliphatic rings. The Morgan fingerprint density at radius 3 is 2.30 bits per heavy atom. The van der Waals surface area contributed by atoms with Crippen molar-refractivity contribution >= 4 is 33.2 Å². The summed E-state index contributed by atoms with van der Waals surface area (Å²) in [6, 6.07) is 7.85. The minimum atomic E-state index is -3.19. The quantitative estimate of drug-likeness (QED) is 0.762. The van der Waals surface area contributed by atoms with E-state index in [-0.39, 0.29) is 23.3 Å². The predicted molar refractivity (Wildman–Crippen MR) is 116 cm³/mol. The molecule has 0 saturated carbocycles. The molecular formula is C21H30N4O4S. The lowest BCUT2D eigenvalue weighted by molar-refractivity contribution is -0.138. The number of carbonyl (C=O) groups is 2. The number of rotatable bonds is 2. The fourth-order valence-electron chi connectivity index (χ4n) is 4.94. The van der Waals surface area contributed by atoms with Crippen LogP contribution in [-0.2, 0) is 19.6 Å². The average molecular weight is 435 g/mol. The Morgan fingerprint density at radius 1 is 1.07 bits per heavy atom. The van der Waals surface area contributed by atoms with Crippen LogP contribution in [0.4, 0.5) is 11.4 Å². The van der Waals surface area contributed by atoms with Gasteiger partial charge in [0.15, 0.2) is 0 Å². The number of piperidine rings is 2. The van der Waals surface area contributed by atoms with Gasteiger partial charge in [-0.05, 0) is 37.8 Å². The molecule has 1 aromatic carbocycles. The van der Waals surface area contributed by atoms with E-state index in [1.807, 2.05) is 34.1 Å². The van der Waals surface area contributed by atoms with Crippen LogP contribution in [0.15, 0.2) is 24.3 Å². The largest absolute Gasteiger partial charge is 0.376 e. The SMILES string of the molecule is CC(=O)N1CC2(CCN(C(=O)C3CCN(S(C)(=O)=O)CC3)CC2)Nc2ccccc21. The number of fused-ring (bicyclic) bond motifs is 1.